The van der Waals surface area contributed by atoms with Gasteiger partial charge in [0.25, 0.3) is 0 Å². The maximum absolute atomic E-state index is 13.6. The largest absolute Gasteiger partial charge is 0.338 e. The maximum atomic E-state index is 13.6. The molecule has 1 aromatic heterocycles. The topological polar surface area (TPSA) is 64.9 Å². The van der Waals surface area contributed by atoms with Crippen LogP contribution in [0.4, 0.5) is 8.78 Å². The molecule has 2 aromatic rings. The van der Waals surface area contributed by atoms with Crippen LogP contribution in [0.1, 0.15) is 31.6 Å². The molecule has 3 rings (SSSR count). The molecule has 112 valence electrons. The number of aromatic nitrogens is 2. The molecule has 0 saturated heterocycles. The molecular weight excluding hydrogens is 344 g/mol. The lowest BCUT2D eigenvalue weighted by Gasteiger charge is -2.21. The van der Waals surface area contributed by atoms with Crippen LogP contribution in [0, 0.1) is 11.6 Å². The zero-order chi connectivity index (χ0) is 15.0. The van der Waals surface area contributed by atoms with E-state index in [2.05, 4.69) is 26.1 Å². The SMILES string of the molecule is NCC1(c2nc(-c3ccc(F)c(F)c3Br)no2)CCCC1. The minimum atomic E-state index is -0.965. The van der Waals surface area contributed by atoms with Crippen LogP contribution in [-0.2, 0) is 5.41 Å². The van der Waals surface area contributed by atoms with Gasteiger partial charge < -0.3 is 10.3 Å². The minimum Gasteiger partial charge on any atom is -0.338 e. The van der Waals surface area contributed by atoms with Crippen LogP contribution in [0.25, 0.3) is 11.4 Å². The van der Waals surface area contributed by atoms with Crippen molar-refractivity contribution in [1.29, 1.82) is 0 Å². The van der Waals surface area contributed by atoms with E-state index < -0.39 is 11.6 Å². The fraction of sp³-hybridized carbons (Fsp3) is 0.429. The predicted molar refractivity (Wildman–Crippen MR) is 76.6 cm³/mol. The van der Waals surface area contributed by atoms with Crippen LogP contribution < -0.4 is 5.73 Å². The van der Waals surface area contributed by atoms with Crippen LogP contribution in [0.15, 0.2) is 21.1 Å². The van der Waals surface area contributed by atoms with Gasteiger partial charge in [0, 0.05) is 12.1 Å². The third-order valence-corrected chi connectivity index (χ3v) is 4.88. The molecule has 0 amide bonds. The fourth-order valence-corrected chi connectivity index (χ4v) is 3.30. The van der Waals surface area contributed by atoms with Crippen molar-refractivity contribution in [3.05, 3.63) is 34.1 Å². The summed E-state index contributed by atoms with van der Waals surface area (Å²) in [5.41, 5.74) is 5.95. The summed E-state index contributed by atoms with van der Waals surface area (Å²) in [5.74, 6) is -1.18. The molecule has 0 radical (unpaired) electrons. The van der Waals surface area contributed by atoms with E-state index in [1.54, 1.807) is 0 Å². The highest BCUT2D eigenvalue weighted by molar-refractivity contribution is 9.10. The first kappa shape index (κ1) is 14.6. The third kappa shape index (κ3) is 2.38. The van der Waals surface area contributed by atoms with E-state index in [9.17, 15) is 8.78 Å². The van der Waals surface area contributed by atoms with Gasteiger partial charge in [0.05, 0.1) is 9.89 Å². The normalized spacial score (nSPS) is 17.3. The van der Waals surface area contributed by atoms with Gasteiger partial charge in [0.1, 0.15) is 0 Å². The van der Waals surface area contributed by atoms with Crippen LogP contribution in [-0.4, -0.2) is 16.7 Å². The lowest BCUT2D eigenvalue weighted by atomic mass is 9.86. The zero-order valence-corrected chi connectivity index (χ0v) is 12.8. The van der Waals surface area contributed by atoms with E-state index in [4.69, 9.17) is 10.3 Å². The lowest BCUT2D eigenvalue weighted by Crippen LogP contribution is -2.32. The molecule has 0 spiro atoms. The van der Waals surface area contributed by atoms with Crippen molar-refractivity contribution in [2.75, 3.05) is 6.54 Å². The molecule has 2 N–H and O–H groups in total. The Kier molecular flexibility index (Phi) is 3.79. The number of halogens is 3. The highest BCUT2D eigenvalue weighted by Gasteiger charge is 2.39. The summed E-state index contributed by atoms with van der Waals surface area (Å²) in [7, 11) is 0. The summed E-state index contributed by atoms with van der Waals surface area (Å²) in [6.07, 6.45) is 3.96. The molecule has 0 unspecified atom stereocenters. The van der Waals surface area contributed by atoms with Gasteiger partial charge in [0.15, 0.2) is 11.6 Å². The zero-order valence-electron chi connectivity index (χ0n) is 11.2. The van der Waals surface area contributed by atoms with E-state index >= 15 is 0 Å². The maximum Gasteiger partial charge on any atom is 0.234 e. The summed E-state index contributed by atoms with van der Waals surface area (Å²) in [4.78, 5) is 4.36. The number of hydrogen-bond donors (Lipinski definition) is 1. The van der Waals surface area contributed by atoms with Gasteiger partial charge in [-0.1, -0.05) is 18.0 Å². The average molecular weight is 358 g/mol. The quantitative estimate of drug-likeness (QED) is 0.853. The number of hydrogen-bond acceptors (Lipinski definition) is 4. The second-order valence-electron chi connectivity index (χ2n) is 5.34. The number of rotatable bonds is 3. The van der Waals surface area contributed by atoms with Crippen molar-refractivity contribution in [3.8, 4) is 11.4 Å². The first-order chi connectivity index (χ1) is 10.1. The molecule has 0 aliphatic heterocycles. The summed E-state index contributed by atoms with van der Waals surface area (Å²) in [6, 6.07) is 2.46. The van der Waals surface area contributed by atoms with Crippen molar-refractivity contribution < 1.29 is 13.3 Å². The van der Waals surface area contributed by atoms with Crippen LogP contribution in [0.3, 0.4) is 0 Å². The van der Waals surface area contributed by atoms with Gasteiger partial charge in [-0.15, -0.1) is 0 Å². The van der Waals surface area contributed by atoms with Crippen molar-refractivity contribution in [2.24, 2.45) is 5.73 Å². The Morgan fingerprint density at radius 1 is 1.29 bits per heavy atom. The Hall–Kier alpha value is -1.34. The minimum absolute atomic E-state index is 0.0110. The second kappa shape index (κ2) is 5.46. The van der Waals surface area contributed by atoms with Gasteiger partial charge in [-0.2, -0.15) is 4.98 Å². The molecule has 7 heteroatoms. The van der Waals surface area contributed by atoms with Gasteiger partial charge >= 0.3 is 0 Å². The Morgan fingerprint density at radius 2 is 2.00 bits per heavy atom. The van der Waals surface area contributed by atoms with Gasteiger partial charge in [-0.25, -0.2) is 8.78 Å². The molecule has 1 aromatic carbocycles. The molecule has 21 heavy (non-hydrogen) atoms. The molecular formula is C14H14BrF2N3O. The second-order valence-corrected chi connectivity index (χ2v) is 6.13. The Balaban J connectivity index is 2.01. The molecule has 1 saturated carbocycles. The standard InChI is InChI=1S/C14H14BrF2N3O/c15-10-8(3-4-9(16)11(10)17)12-19-13(21-20-12)14(7-18)5-1-2-6-14/h3-4H,1-2,5-7,18H2. The highest BCUT2D eigenvalue weighted by atomic mass is 79.9. The highest BCUT2D eigenvalue weighted by Crippen LogP contribution is 2.40. The monoisotopic (exact) mass is 357 g/mol. The van der Waals surface area contributed by atoms with Crippen molar-refractivity contribution >= 4 is 15.9 Å². The lowest BCUT2D eigenvalue weighted by molar-refractivity contribution is 0.284. The van der Waals surface area contributed by atoms with Gasteiger partial charge in [0.2, 0.25) is 11.7 Å². The van der Waals surface area contributed by atoms with Gasteiger partial charge in [-0.3, -0.25) is 0 Å². The van der Waals surface area contributed by atoms with Crippen LogP contribution >= 0.6 is 15.9 Å². The molecule has 0 bridgehead atoms. The Bertz CT molecular complexity index is 668. The predicted octanol–water partition coefficient (Wildman–Crippen LogP) is 3.55. The summed E-state index contributed by atoms with van der Waals surface area (Å²) < 4.78 is 32.1. The fourth-order valence-electron chi connectivity index (χ4n) is 2.80. The Labute approximate surface area is 128 Å². The van der Waals surface area contributed by atoms with E-state index in [1.807, 2.05) is 0 Å². The summed E-state index contributed by atoms with van der Waals surface area (Å²) >= 11 is 3.03. The third-order valence-electron chi connectivity index (χ3n) is 4.11. The van der Waals surface area contributed by atoms with E-state index in [0.717, 1.165) is 31.7 Å². The Morgan fingerprint density at radius 3 is 2.67 bits per heavy atom. The molecule has 4 nitrogen and oxygen atoms in total. The van der Waals surface area contributed by atoms with E-state index in [0.29, 0.717) is 18.0 Å². The van der Waals surface area contributed by atoms with Crippen LogP contribution in [0.5, 0.6) is 0 Å². The first-order valence-electron chi connectivity index (χ1n) is 6.75. The number of nitrogens with zero attached hydrogens (tertiary/aromatic N) is 2. The van der Waals surface area contributed by atoms with Gasteiger partial charge in [-0.05, 0) is 40.9 Å². The molecule has 1 aliphatic rings. The van der Waals surface area contributed by atoms with E-state index in [-0.39, 0.29) is 15.7 Å². The molecule has 1 fully saturated rings. The van der Waals surface area contributed by atoms with E-state index in [1.165, 1.54) is 6.07 Å². The first-order valence-corrected chi connectivity index (χ1v) is 7.55. The molecule has 1 aliphatic carbocycles. The van der Waals surface area contributed by atoms with Crippen molar-refractivity contribution in [3.63, 3.8) is 0 Å². The average Bonchev–Trinajstić information content (AvgIpc) is 3.14. The molecule has 1 heterocycles. The van der Waals surface area contributed by atoms with Crippen molar-refractivity contribution in [1.82, 2.24) is 10.1 Å². The van der Waals surface area contributed by atoms with Crippen molar-refractivity contribution in [2.45, 2.75) is 31.1 Å². The number of nitrogens with two attached hydrogens (primary N) is 1. The smallest absolute Gasteiger partial charge is 0.234 e. The summed E-state index contributed by atoms with van der Waals surface area (Å²) in [6.45, 7) is 0.438. The van der Waals surface area contributed by atoms with Crippen LogP contribution in [0.2, 0.25) is 0 Å². The summed E-state index contributed by atoms with van der Waals surface area (Å²) in [5, 5.41) is 3.89. The molecule has 0 atom stereocenters. The number of benzene rings is 1.